The molecule has 0 saturated carbocycles. The van der Waals surface area contributed by atoms with Gasteiger partial charge in [0.1, 0.15) is 5.75 Å². The second-order valence-corrected chi connectivity index (χ2v) is 6.52. The van der Waals surface area contributed by atoms with Gasteiger partial charge in [0.05, 0.1) is 10.5 Å². The molecule has 1 aliphatic heterocycles. The van der Waals surface area contributed by atoms with Crippen LogP contribution in [0.15, 0.2) is 42.5 Å². The van der Waals surface area contributed by atoms with Gasteiger partial charge in [-0.3, -0.25) is 19.8 Å². The van der Waals surface area contributed by atoms with Crippen molar-refractivity contribution in [1.29, 1.82) is 0 Å². The van der Waals surface area contributed by atoms with Gasteiger partial charge >= 0.3 is 0 Å². The molecule has 0 aliphatic carbocycles. The molecule has 1 heterocycles. The quantitative estimate of drug-likeness (QED) is 0.673. The van der Waals surface area contributed by atoms with Crippen LogP contribution < -0.4 is 0 Å². The number of amides is 1. The lowest BCUT2D eigenvalue weighted by molar-refractivity contribution is -0.384. The minimum atomic E-state index is -0.394. The van der Waals surface area contributed by atoms with Gasteiger partial charge in [0, 0.05) is 44.9 Å². The number of nitro groups is 1. The van der Waals surface area contributed by atoms with Crippen molar-refractivity contribution >= 4 is 11.6 Å². The van der Waals surface area contributed by atoms with Crippen LogP contribution in [0.3, 0.4) is 0 Å². The van der Waals surface area contributed by atoms with E-state index in [9.17, 15) is 20.0 Å². The van der Waals surface area contributed by atoms with Crippen molar-refractivity contribution < 1.29 is 14.8 Å². The lowest BCUT2D eigenvalue weighted by atomic mass is 10.1. The second kappa shape index (κ2) is 7.53. The van der Waals surface area contributed by atoms with Crippen molar-refractivity contribution in [3.8, 4) is 5.75 Å². The van der Waals surface area contributed by atoms with Crippen LogP contribution in [0.5, 0.6) is 5.75 Å². The third kappa shape index (κ3) is 4.00. The third-order valence-electron chi connectivity index (χ3n) is 4.57. The maximum absolute atomic E-state index is 12.6. The van der Waals surface area contributed by atoms with E-state index in [1.807, 2.05) is 13.0 Å². The lowest BCUT2D eigenvalue weighted by Gasteiger charge is -2.34. The number of piperazine rings is 1. The topological polar surface area (TPSA) is 86.9 Å². The minimum Gasteiger partial charge on any atom is -0.507 e. The van der Waals surface area contributed by atoms with Crippen LogP contribution in [0.1, 0.15) is 21.5 Å². The van der Waals surface area contributed by atoms with Crippen LogP contribution in [0, 0.1) is 17.0 Å². The number of rotatable bonds is 4. The van der Waals surface area contributed by atoms with Crippen LogP contribution in [0.2, 0.25) is 0 Å². The van der Waals surface area contributed by atoms with Gasteiger partial charge in [-0.1, -0.05) is 23.8 Å². The number of carbonyl (C=O) groups excluding carboxylic acids is 1. The number of phenolic OH excluding ortho intramolecular Hbond substituents is 1. The van der Waals surface area contributed by atoms with Gasteiger partial charge < -0.3 is 10.0 Å². The summed E-state index contributed by atoms with van der Waals surface area (Å²) in [7, 11) is 0. The summed E-state index contributed by atoms with van der Waals surface area (Å²) in [5.41, 5.74) is 2.23. The molecular formula is C19H21N3O4. The molecule has 1 amide bonds. The Morgan fingerprint density at radius 1 is 1.15 bits per heavy atom. The van der Waals surface area contributed by atoms with Gasteiger partial charge in [-0.15, -0.1) is 0 Å². The summed E-state index contributed by atoms with van der Waals surface area (Å²) >= 11 is 0. The zero-order chi connectivity index (χ0) is 18.7. The molecule has 1 saturated heterocycles. The molecule has 7 heteroatoms. The summed E-state index contributed by atoms with van der Waals surface area (Å²) in [6, 6.07) is 11.6. The molecule has 26 heavy (non-hydrogen) atoms. The van der Waals surface area contributed by atoms with E-state index in [-0.39, 0.29) is 17.3 Å². The third-order valence-corrected chi connectivity index (χ3v) is 4.57. The standard InChI is InChI=1S/C19H21N3O4/c1-14-5-6-18(23)17(11-14)19(24)21-9-7-20(8-10-21)13-15-3-2-4-16(12-15)22(25)26/h2-6,11-12,23H,7-10,13H2,1H3. The fraction of sp³-hybridized carbons (Fsp3) is 0.316. The minimum absolute atomic E-state index is 0.000348. The molecule has 0 radical (unpaired) electrons. The molecule has 0 spiro atoms. The second-order valence-electron chi connectivity index (χ2n) is 6.52. The number of non-ortho nitro benzene ring substituents is 1. The maximum Gasteiger partial charge on any atom is 0.269 e. The molecule has 1 N–H and O–H groups in total. The van der Waals surface area contributed by atoms with Crippen LogP contribution >= 0.6 is 0 Å². The molecule has 136 valence electrons. The molecule has 2 aromatic carbocycles. The van der Waals surface area contributed by atoms with Gasteiger partial charge in [-0.05, 0) is 24.6 Å². The average molecular weight is 355 g/mol. The first-order chi connectivity index (χ1) is 12.4. The van der Waals surface area contributed by atoms with Crippen LogP contribution in [0.25, 0.3) is 0 Å². The Morgan fingerprint density at radius 3 is 2.58 bits per heavy atom. The lowest BCUT2D eigenvalue weighted by Crippen LogP contribution is -2.48. The van der Waals surface area contributed by atoms with E-state index in [1.54, 1.807) is 35.2 Å². The molecule has 0 unspecified atom stereocenters. The first-order valence-electron chi connectivity index (χ1n) is 8.48. The van der Waals surface area contributed by atoms with Crippen molar-refractivity contribution in [1.82, 2.24) is 9.80 Å². The monoisotopic (exact) mass is 355 g/mol. The molecule has 1 fully saturated rings. The fourth-order valence-electron chi connectivity index (χ4n) is 3.13. The number of benzene rings is 2. The van der Waals surface area contributed by atoms with Crippen molar-refractivity contribution in [3.05, 3.63) is 69.3 Å². The highest BCUT2D eigenvalue weighted by atomic mass is 16.6. The van der Waals surface area contributed by atoms with Gasteiger partial charge in [0.2, 0.25) is 0 Å². The number of carbonyl (C=O) groups is 1. The molecule has 7 nitrogen and oxygen atoms in total. The number of nitro benzene ring substituents is 1. The van der Waals surface area contributed by atoms with Gasteiger partial charge in [-0.2, -0.15) is 0 Å². The zero-order valence-corrected chi connectivity index (χ0v) is 14.6. The Balaban J connectivity index is 1.60. The predicted molar refractivity (Wildman–Crippen MR) is 97.1 cm³/mol. The van der Waals surface area contributed by atoms with E-state index in [4.69, 9.17) is 0 Å². The summed E-state index contributed by atoms with van der Waals surface area (Å²) in [5, 5.41) is 20.8. The van der Waals surface area contributed by atoms with E-state index in [1.165, 1.54) is 6.07 Å². The number of nitrogens with zero attached hydrogens (tertiary/aromatic N) is 3. The number of phenols is 1. The predicted octanol–water partition coefficient (Wildman–Crippen LogP) is 2.57. The highest BCUT2D eigenvalue weighted by Crippen LogP contribution is 2.21. The van der Waals surface area contributed by atoms with E-state index in [2.05, 4.69) is 4.90 Å². The van der Waals surface area contributed by atoms with E-state index in [0.29, 0.717) is 38.3 Å². The summed E-state index contributed by atoms with van der Waals surface area (Å²) in [6.07, 6.45) is 0. The molecule has 0 aromatic heterocycles. The Bertz CT molecular complexity index is 829. The number of aryl methyl sites for hydroxylation is 1. The van der Waals surface area contributed by atoms with Crippen molar-refractivity contribution in [2.24, 2.45) is 0 Å². The molecule has 0 bridgehead atoms. The Morgan fingerprint density at radius 2 is 1.88 bits per heavy atom. The van der Waals surface area contributed by atoms with Crippen molar-refractivity contribution in [2.45, 2.75) is 13.5 Å². The van der Waals surface area contributed by atoms with Crippen LogP contribution in [0.4, 0.5) is 5.69 Å². The summed E-state index contributed by atoms with van der Waals surface area (Å²) in [5.74, 6) is -0.166. The van der Waals surface area contributed by atoms with Crippen LogP contribution in [-0.4, -0.2) is 51.9 Å². The highest BCUT2D eigenvalue weighted by molar-refractivity contribution is 5.97. The fourth-order valence-corrected chi connectivity index (χ4v) is 3.13. The Labute approximate surface area is 151 Å². The van der Waals surface area contributed by atoms with E-state index >= 15 is 0 Å². The Hall–Kier alpha value is -2.93. The van der Waals surface area contributed by atoms with Gasteiger partial charge in [0.25, 0.3) is 11.6 Å². The average Bonchev–Trinajstić information content (AvgIpc) is 2.64. The van der Waals surface area contributed by atoms with E-state index < -0.39 is 4.92 Å². The van der Waals surface area contributed by atoms with Crippen molar-refractivity contribution in [2.75, 3.05) is 26.2 Å². The maximum atomic E-state index is 12.6. The zero-order valence-electron chi connectivity index (χ0n) is 14.6. The smallest absolute Gasteiger partial charge is 0.269 e. The largest absolute Gasteiger partial charge is 0.507 e. The summed E-state index contributed by atoms with van der Waals surface area (Å²) in [4.78, 5) is 27.0. The number of hydrogen-bond acceptors (Lipinski definition) is 5. The summed E-state index contributed by atoms with van der Waals surface area (Å²) in [6.45, 7) is 4.97. The normalized spacial score (nSPS) is 15.0. The van der Waals surface area contributed by atoms with E-state index in [0.717, 1.165) is 11.1 Å². The molecule has 1 aliphatic rings. The van der Waals surface area contributed by atoms with Crippen LogP contribution in [-0.2, 0) is 6.54 Å². The van der Waals surface area contributed by atoms with Gasteiger partial charge in [-0.25, -0.2) is 0 Å². The molecule has 0 atom stereocenters. The number of aromatic hydroxyl groups is 1. The first-order valence-corrected chi connectivity index (χ1v) is 8.48. The summed E-state index contributed by atoms with van der Waals surface area (Å²) < 4.78 is 0. The van der Waals surface area contributed by atoms with Crippen molar-refractivity contribution in [3.63, 3.8) is 0 Å². The number of hydrogen-bond donors (Lipinski definition) is 1. The highest BCUT2D eigenvalue weighted by Gasteiger charge is 2.24. The molecular weight excluding hydrogens is 334 g/mol. The van der Waals surface area contributed by atoms with Gasteiger partial charge in [0.15, 0.2) is 0 Å². The molecule has 2 aromatic rings. The molecule has 3 rings (SSSR count). The Kier molecular flexibility index (Phi) is 5.18. The first kappa shape index (κ1) is 17.9. The SMILES string of the molecule is Cc1ccc(O)c(C(=O)N2CCN(Cc3cccc([N+](=O)[O-])c3)CC2)c1.